The zero-order chi connectivity index (χ0) is 16.3. The third-order valence-electron chi connectivity index (χ3n) is 4.84. The second-order valence-electron chi connectivity index (χ2n) is 6.27. The highest BCUT2D eigenvalue weighted by Crippen LogP contribution is 2.29. The maximum Gasteiger partial charge on any atom is 0.325 e. The minimum absolute atomic E-state index is 0.0735. The molecule has 124 valence electrons. The molecule has 0 bridgehead atoms. The molecule has 2 heterocycles. The van der Waals surface area contributed by atoms with Crippen LogP contribution in [0.5, 0.6) is 0 Å². The van der Waals surface area contributed by atoms with Gasteiger partial charge in [-0.2, -0.15) is 0 Å². The second-order valence-corrected chi connectivity index (χ2v) is 6.27. The molecular formula is C17H23N3O3. The quantitative estimate of drug-likeness (QED) is 0.781. The number of imide groups is 1. The van der Waals surface area contributed by atoms with Crippen molar-refractivity contribution in [2.75, 3.05) is 32.8 Å². The van der Waals surface area contributed by atoms with E-state index in [1.807, 2.05) is 18.2 Å². The Labute approximate surface area is 136 Å². The SMILES string of the molecule is O=C1NC2(CCN(CCc3ccccc3)CC2)C(=O)N1CCO. The van der Waals surface area contributed by atoms with Crippen molar-refractivity contribution in [3.05, 3.63) is 35.9 Å². The number of urea groups is 1. The van der Waals surface area contributed by atoms with Gasteiger partial charge in [0.25, 0.3) is 5.91 Å². The summed E-state index contributed by atoms with van der Waals surface area (Å²) < 4.78 is 0. The molecule has 23 heavy (non-hydrogen) atoms. The van der Waals surface area contributed by atoms with Gasteiger partial charge in [-0.3, -0.25) is 9.69 Å². The van der Waals surface area contributed by atoms with E-state index < -0.39 is 5.54 Å². The molecular weight excluding hydrogens is 294 g/mol. The number of nitrogens with zero attached hydrogens (tertiary/aromatic N) is 2. The molecule has 3 amide bonds. The van der Waals surface area contributed by atoms with Gasteiger partial charge in [0.2, 0.25) is 0 Å². The maximum absolute atomic E-state index is 12.5. The number of aliphatic hydroxyl groups is 1. The molecule has 1 spiro atoms. The van der Waals surface area contributed by atoms with E-state index in [9.17, 15) is 9.59 Å². The summed E-state index contributed by atoms with van der Waals surface area (Å²) >= 11 is 0. The monoisotopic (exact) mass is 317 g/mol. The largest absolute Gasteiger partial charge is 0.395 e. The van der Waals surface area contributed by atoms with E-state index in [0.717, 1.165) is 31.0 Å². The highest BCUT2D eigenvalue weighted by atomic mass is 16.3. The summed E-state index contributed by atoms with van der Waals surface area (Å²) in [4.78, 5) is 27.9. The molecule has 0 aliphatic carbocycles. The number of carbonyl (C=O) groups excluding carboxylic acids is 2. The molecule has 3 rings (SSSR count). The van der Waals surface area contributed by atoms with Crippen LogP contribution in [-0.2, 0) is 11.2 Å². The Hall–Kier alpha value is -1.92. The zero-order valence-electron chi connectivity index (χ0n) is 13.2. The average molecular weight is 317 g/mol. The number of piperidine rings is 1. The van der Waals surface area contributed by atoms with Crippen LogP contribution in [0.2, 0.25) is 0 Å². The third-order valence-corrected chi connectivity index (χ3v) is 4.84. The number of amides is 3. The summed E-state index contributed by atoms with van der Waals surface area (Å²) in [5.74, 6) is -0.181. The van der Waals surface area contributed by atoms with Crippen LogP contribution in [0.1, 0.15) is 18.4 Å². The Morgan fingerprint density at radius 3 is 2.43 bits per heavy atom. The number of β-amino-alcohol motifs (C(OH)–C–C–N with tert-alkyl or cyclic N) is 1. The standard InChI is InChI=1S/C17H23N3O3/c21-13-12-20-15(22)17(18-16(20)23)7-10-19(11-8-17)9-6-14-4-2-1-3-5-14/h1-5,21H,6-13H2,(H,18,23). The van der Waals surface area contributed by atoms with E-state index in [0.29, 0.717) is 12.8 Å². The van der Waals surface area contributed by atoms with Crippen molar-refractivity contribution in [1.29, 1.82) is 0 Å². The lowest BCUT2D eigenvalue weighted by atomic mass is 9.87. The van der Waals surface area contributed by atoms with Gasteiger partial charge in [0, 0.05) is 19.6 Å². The summed E-state index contributed by atoms with van der Waals surface area (Å²) in [6, 6.07) is 9.98. The summed E-state index contributed by atoms with van der Waals surface area (Å²) in [5.41, 5.74) is 0.558. The summed E-state index contributed by atoms with van der Waals surface area (Å²) in [6.07, 6.45) is 2.26. The normalized spacial score (nSPS) is 21.0. The van der Waals surface area contributed by atoms with E-state index in [-0.39, 0.29) is 25.1 Å². The lowest BCUT2D eigenvalue weighted by molar-refractivity contribution is -0.133. The summed E-state index contributed by atoms with van der Waals surface area (Å²) in [6.45, 7) is 2.43. The van der Waals surface area contributed by atoms with Crippen LogP contribution in [0.4, 0.5) is 4.79 Å². The minimum Gasteiger partial charge on any atom is -0.395 e. The van der Waals surface area contributed by atoms with Gasteiger partial charge in [-0.15, -0.1) is 0 Å². The fraction of sp³-hybridized carbons (Fsp3) is 0.529. The van der Waals surface area contributed by atoms with Gasteiger partial charge in [-0.1, -0.05) is 30.3 Å². The van der Waals surface area contributed by atoms with Gasteiger partial charge in [0.15, 0.2) is 0 Å². The van der Waals surface area contributed by atoms with Crippen LogP contribution in [0.15, 0.2) is 30.3 Å². The van der Waals surface area contributed by atoms with E-state index >= 15 is 0 Å². The number of benzene rings is 1. The number of carbonyl (C=O) groups is 2. The molecule has 2 aliphatic heterocycles. The predicted molar refractivity (Wildman–Crippen MR) is 85.9 cm³/mol. The number of hydrogen-bond acceptors (Lipinski definition) is 4. The number of nitrogens with one attached hydrogen (secondary N) is 1. The van der Waals surface area contributed by atoms with Gasteiger partial charge >= 0.3 is 6.03 Å². The van der Waals surface area contributed by atoms with Gasteiger partial charge < -0.3 is 15.3 Å². The molecule has 0 unspecified atom stereocenters. The second kappa shape index (κ2) is 6.68. The zero-order valence-corrected chi connectivity index (χ0v) is 13.2. The van der Waals surface area contributed by atoms with Crippen LogP contribution in [0.25, 0.3) is 0 Å². The van der Waals surface area contributed by atoms with Gasteiger partial charge in [0.1, 0.15) is 5.54 Å². The maximum atomic E-state index is 12.5. The first-order valence-corrected chi connectivity index (χ1v) is 8.16. The minimum atomic E-state index is -0.754. The van der Waals surface area contributed by atoms with Gasteiger partial charge in [-0.25, -0.2) is 4.79 Å². The smallest absolute Gasteiger partial charge is 0.325 e. The van der Waals surface area contributed by atoms with Crippen molar-refractivity contribution in [1.82, 2.24) is 15.1 Å². The fourth-order valence-electron chi connectivity index (χ4n) is 3.41. The molecule has 1 aromatic rings. The van der Waals surface area contributed by atoms with Gasteiger partial charge in [-0.05, 0) is 24.8 Å². The average Bonchev–Trinajstić information content (AvgIpc) is 2.80. The van der Waals surface area contributed by atoms with Gasteiger partial charge in [0.05, 0.1) is 13.2 Å². The molecule has 2 aliphatic rings. The highest BCUT2D eigenvalue weighted by molar-refractivity contribution is 6.07. The Kier molecular flexibility index (Phi) is 4.63. The van der Waals surface area contributed by atoms with Crippen molar-refractivity contribution in [2.24, 2.45) is 0 Å². The number of rotatable bonds is 5. The van der Waals surface area contributed by atoms with E-state index in [1.54, 1.807) is 0 Å². The van der Waals surface area contributed by atoms with Crippen LogP contribution in [0.3, 0.4) is 0 Å². The molecule has 2 N–H and O–H groups in total. The van der Waals surface area contributed by atoms with E-state index in [2.05, 4.69) is 22.3 Å². The van der Waals surface area contributed by atoms with E-state index in [1.165, 1.54) is 5.56 Å². The van der Waals surface area contributed by atoms with Crippen LogP contribution in [0, 0.1) is 0 Å². The molecule has 0 aromatic heterocycles. The molecule has 6 heteroatoms. The predicted octanol–water partition coefficient (Wildman–Crippen LogP) is 0.608. The summed E-state index contributed by atoms with van der Waals surface area (Å²) in [5, 5.41) is 11.8. The molecule has 6 nitrogen and oxygen atoms in total. The van der Waals surface area contributed by atoms with Crippen molar-refractivity contribution in [3.8, 4) is 0 Å². The number of aliphatic hydroxyl groups excluding tert-OH is 1. The molecule has 2 fully saturated rings. The van der Waals surface area contributed by atoms with Crippen molar-refractivity contribution in [3.63, 3.8) is 0 Å². The Morgan fingerprint density at radius 2 is 1.78 bits per heavy atom. The third kappa shape index (κ3) is 3.23. The van der Waals surface area contributed by atoms with Crippen LogP contribution in [-0.4, -0.2) is 65.2 Å². The van der Waals surface area contributed by atoms with Crippen LogP contribution < -0.4 is 5.32 Å². The highest BCUT2D eigenvalue weighted by Gasteiger charge is 2.51. The number of hydrogen-bond donors (Lipinski definition) is 2. The Bertz CT molecular complexity index is 568. The molecule has 0 radical (unpaired) electrons. The van der Waals surface area contributed by atoms with Crippen molar-refractivity contribution >= 4 is 11.9 Å². The van der Waals surface area contributed by atoms with Crippen LogP contribution >= 0.6 is 0 Å². The van der Waals surface area contributed by atoms with Crippen molar-refractivity contribution < 1.29 is 14.7 Å². The first kappa shape index (κ1) is 16.0. The first-order chi connectivity index (χ1) is 11.1. The first-order valence-electron chi connectivity index (χ1n) is 8.16. The lowest BCUT2D eigenvalue weighted by Gasteiger charge is -2.37. The Morgan fingerprint density at radius 1 is 1.09 bits per heavy atom. The molecule has 0 atom stereocenters. The molecule has 2 saturated heterocycles. The molecule has 0 saturated carbocycles. The molecule has 1 aromatic carbocycles. The van der Waals surface area contributed by atoms with Crippen molar-refractivity contribution in [2.45, 2.75) is 24.8 Å². The fourth-order valence-corrected chi connectivity index (χ4v) is 3.41. The Balaban J connectivity index is 1.54. The topological polar surface area (TPSA) is 72.9 Å². The van der Waals surface area contributed by atoms with E-state index in [4.69, 9.17) is 5.11 Å². The number of likely N-dealkylation sites (tertiary alicyclic amines) is 1. The lowest BCUT2D eigenvalue weighted by Crippen LogP contribution is -2.55. The summed E-state index contributed by atoms with van der Waals surface area (Å²) in [7, 11) is 0.